The van der Waals surface area contributed by atoms with Gasteiger partial charge in [0.05, 0.1) is 13.2 Å². The molecule has 2 aromatic rings. The number of hydrogen-bond acceptors (Lipinski definition) is 6. The van der Waals surface area contributed by atoms with Crippen LogP contribution in [0.15, 0.2) is 34.9 Å². The fourth-order valence-corrected chi connectivity index (χ4v) is 3.10. The largest absolute Gasteiger partial charge is 0.494 e. The van der Waals surface area contributed by atoms with Crippen LogP contribution in [0.25, 0.3) is 0 Å². The van der Waals surface area contributed by atoms with Crippen LogP contribution in [-0.2, 0) is 13.0 Å². The molecule has 0 aliphatic carbocycles. The van der Waals surface area contributed by atoms with Gasteiger partial charge in [0.2, 0.25) is 5.89 Å². The standard InChI is InChI=1S/C19H28N4O2/c1-2-19-20-18(21-25-19)16-23-11-6-10-22(13-14-23)12-7-15-24-17-8-4-3-5-9-17/h3-5,8-9H,2,6-7,10-16H2,1H3. The molecule has 0 amide bonds. The van der Waals surface area contributed by atoms with Crippen molar-refractivity contribution in [3.8, 4) is 5.75 Å². The highest BCUT2D eigenvalue weighted by atomic mass is 16.5. The number of ether oxygens (including phenoxy) is 1. The second-order valence-electron chi connectivity index (χ2n) is 6.44. The number of para-hydroxylation sites is 1. The maximum atomic E-state index is 5.78. The minimum atomic E-state index is 0.727. The minimum Gasteiger partial charge on any atom is -0.494 e. The lowest BCUT2D eigenvalue weighted by Gasteiger charge is -2.20. The van der Waals surface area contributed by atoms with Crippen LogP contribution < -0.4 is 4.74 Å². The maximum absolute atomic E-state index is 5.78. The first-order chi connectivity index (χ1) is 12.3. The summed E-state index contributed by atoms with van der Waals surface area (Å²) < 4.78 is 11.0. The highest BCUT2D eigenvalue weighted by Gasteiger charge is 2.16. The van der Waals surface area contributed by atoms with Crippen LogP contribution in [0.3, 0.4) is 0 Å². The zero-order valence-corrected chi connectivity index (χ0v) is 15.1. The molecular formula is C19H28N4O2. The van der Waals surface area contributed by atoms with Crippen molar-refractivity contribution < 1.29 is 9.26 Å². The summed E-state index contributed by atoms with van der Waals surface area (Å²) in [5, 5.41) is 4.06. The average molecular weight is 344 g/mol. The second-order valence-corrected chi connectivity index (χ2v) is 6.44. The second kappa shape index (κ2) is 9.53. The number of benzene rings is 1. The molecule has 1 aliphatic rings. The van der Waals surface area contributed by atoms with E-state index in [1.54, 1.807) is 0 Å². The first kappa shape index (κ1) is 17.9. The van der Waals surface area contributed by atoms with Gasteiger partial charge in [-0.2, -0.15) is 4.98 Å². The van der Waals surface area contributed by atoms with Crippen molar-refractivity contribution in [3.05, 3.63) is 42.0 Å². The van der Waals surface area contributed by atoms with E-state index in [1.807, 2.05) is 37.3 Å². The average Bonchev–Trinajstić information content (AvgIpc) is 2.99. The fourth-order valence-electron chi connectivity index (χ4n) is 3.10. The van der Waals surface area contributed by atoms with Crippen LogP contribution in [0.5, 0.6) is 5.75 Å². The van der Waals surface area contributed by atoms with Gasteiger partial charge in [-0.1, -0.05) is 30.3 Å². The van der Waals surface area contributed by atoms with E-state index in [2.05, 4.69) is 19.9 Å². The van der Waals surface area contributed by atoms with Crippen molar-refractivity contribution in [3.63, 3.8) is 0 Å². The Morgan fingerprint density at radius 1 is 1.08 bits per heavy atom. The number of rotatable bonds is 8. The molecule has 3 rings (SSSR count). The van der Waals surface area contributed by atoms with Gasteiger partial charge >= 0.3 is 0 Å². The van der Waals surface area contributed by atoms with E-state index in [0.717, 1.165) is 76.2 Å². The minimum absolute atomic E-state index is 0.727. The Morgan fingerprint density at radius 3 is 2.68 bits per heavy atom. The molecule has 6 heteroatoms. The van der Waals surface area contributed by atoms with E-state index in [9.17, 15) is 0 Å². The lowest BCUT2D eigenvalue weighted by Crippen LogP contribution is -2.31. The van der Waals surface area contributed by atoms with Crippen LogP contribution in [0, 0.1) is 0 Å². The molecule has 0 N–H and O–H groups in total. The Kier molecular flexibility index (Phi) is 6.82. The van der Waals surface area contributed by atoms with Crippen molar-refractivity contribution in [2.24, 2.45) is 0 Å². The predicted molar refractivity (Wildman–Crippen MR) is 96.6 cm³/mol. The molecular weight excluding hydrogens is 316 g/mol. The molecule has 2 heterocycles. The molecule has 25 heavy (non-hydrogen) atoms. The molecule has 1 aromatic heterocycles. The molecule has 0 spiro atoms. The van der Waals surface area contributed by atoms with Crippen LogP contribution >= 0.6 is 0 Å². The van der Waals surface area contributed by atoms with Crippen molar-refractivity contribution >= 4 is 0 Å². The predicted octanol–water partition coefficient (Wildman–Crippen LogP) is 2.61. The van der Waals surface area contributed by atoms with E-state index < -0.39 is 0 Å². The van der Waals surface area contributed by atoms with Gasteiger partial charge in [-0.05, 0) is 38.1 Å². The van der Waals surface area contributed by atoms with Gasteiger partial charge in [0.1, 0.15) is 5.75 Å². The summed E-state index contributed by atoms with van der Waals surface area (Å²) in [6, 6.07) is 10.0. The third kappa shape index (κ3) is 5.83. The molecule has 136 valence electrons. The Balaban J connectivity index is 1.35. The third-order valence-electron chi connectivity index (χ3n) is 4.49. The molecule has 0 saturated carbocycles. The SMILES string of the molecule is CCc1nc(CN2CCCN(CCCOc3ccccc3)CC2)no1. The molecule has 1 fully saturated rings. The lowest BCUT2D eigenvalue weighted by molar-refractivity contribution is 0.226. The maximum Gasteiger partial charge on any atom is 0.226 e. The van der Waals surface area contributed by atoms with Crippen molar-refractivity contribution in [1.82, 2.24) is 19.9 Å². The van der Waals surface area contributed by atoms with E-state index in [1.165, 1.54) is 6.42 Å². The summed E-state index contributed by atoms with van der Waals surface area (Å²) in [6.07, 6.45) is 3.03. The molecule has 0 atom stereocenters. The van der Waals surface area contributed by atoms with E-state index in [0.29, 0.717) is 0 Å². The molecule has 1 saturated heterocycles. The first-order valence-electron chi connectivity index (χ1n) is 9.27. The van der Waals surface area contributed by atoms with E-state index >= 15 is 0 Å². The van der Waals surface area contributed by atoms with Crippen LogP contribution in [0.4, 0.5) is 0 Å². The topological polar surface area (TPSA) is 54.6 Å². The first-order valence-corrected chi connectivity index (χ1v) is 9.27. The van der Waals surface area contributed by atoms with Gasteiger partial charge in [-0.25, -0.2) is 0 Å². The Bertz CT molecular complexity index is 617. The molecule has 1 aliphatic heterocycles. The van der Waals surface area contributed by atoms with Crippen LogP contribution in [0.1, 0.15) is 31.5 Å². The van der Waals surface area contributed by atoms with Crippen molar-refractivity contribution in [2.75, 3.05) is 39.3 Å². The van der Waals surface area contributed by atoms with Gasteiger partial charge < -0.3 is 14.2 Å². The molecule has 1 aromatic carbocycles. The Morgan fingerprint density at radius 2 is 1.88 bits per heavy atom. The van der Waals surface area contributed by atoms with Crippen molar-refractivity contribution in [1.29, 1.82) is 0 Å². The van der Waals surface area contributed by atoms with Crippen molar-refractivity contribution in [2.45, 2.75) is 32.7 Å². The summed E-state index contributed by atoms with van der Waals surface area (Å²) in [4.78, 5) is 9.36. The fraction of sp³-hybridized carbons (Fsp3) is 0.579. The van der Waals surface area contributed by atoms with Gasteiger partial charge in [-0.15, -0.1) is 0 Å². The number of aromatic nitrogens is 2. The molecule has 0 bridgehead atoms. The third-order valence-corrected chi connectivity index (χ3v) is 4.49. The van der Waals surface area contributed by atoms with E-state index in [4.69, 9.17) is 9.26 Å². The van der Waals surface area contributed by atoms with Gasteiger partial charge in [0, 0.05) is 26.1 Å². The number of aryl methyl sites for hydroxylation is 1. The molecule has 6 nitrogen and oxygen atoms in total. The Labute approximate surface area is 149 Å². The highest BCUT2D eigenvalue weighted by molar-refractivity contribution is 5.20. The highest BCUT2D eigenvalue weighted by Crippen LogP contribution is 2.10. The van der Waals surface area contributed by atoms with E-state index in [-0.39, 0.29) is 0 Å². The smallest absolute Gasteiger partial charge is 0.226 e. The molecule has 0 radical (unpaired) electrons. The zero-order chi connectivity index (χ0) is 17.3. The van der Waals surface area contributed by atoms with Crippen LogP contribution in [0.2, 0.25) is 0 Å². The summed E-state index contributed by atoms with van der Waals surface area (Å²) in [6.45, 7) is 9.05. The van der Waals surface area contributed by atoms with Crippen LogP contribution in [-0.4, -0.2) is 59.3 Å². The summed E-state index contributed by atoms with van der Waals surface area (Å²) in [5.41, 5.74) is 0. The summed E-state index contributed by atoms with van der Waals surface area (Å²) in [7, 11) is 0. The number of hydrogen-bond donors (Lipinski definition) is 0. The monoisotopic (exact) mass is 344 g/mol. The Hall–Kier alpha value is -1.92. The normalized spacial score (nSPS) is 16.7. The zero-order valence-electron chi connectivity index (χ0n) is 15.1. The molecule has 0 unspecified atom stereocenters. The van der Waals surface area contributed by atoms with Gasteiger partial charge in [0.15, 0.2) is 5.82 Å². The van der Waals surface area contributed by atoms with Gasteiger partial charge in [-0.3, -0.25) is 4.90 Å². The quantitative estimate of drug-likeness (QED) is 0.686. The summed E-state index contributed by atoms with van der Waals surface area (Å²) >= 11 is 0. The number of nitrogens with zero attached hydrogens (tertiary/aromatic N) is 4. The summed E-state index contributed by atoms with van der Waals surface area (Å²) in [5.74, 6) is 2.49. The van der Waals surface area contributed by atoms with Gasteiger partial charge in [0.25, 0.3) is 0 Å². The lowest BCUT2D eigenvalue weighted by atomic mass is 10.3.